The van der Waals surface area contributed by atoms with E-state index in [1.807, 2.05) is 0 Å². The fraction of sp³-hybridized carbons (Fsp3) is 1.00. The van der Waals surface area contributed by atoms with Crippen LogP contribution in [-0.4, -0.2) is 104 Å². The molecule has 0 atom stereocenters. The van der Waals surface area contributed by atoms with E-state index in [1.54, 1.807) is 0 Å². The van der Waals surface area contributed by atoms with Gasteiger partial charge in [-0.2, -0.15) is 0 Å². The van der Waals surface area contributed by atoms with Gasteiger partial charge in [0.05, 0.1) is 58.3 Å². The van der Waals surface area contributed by atoms with E-state index in [4.69, 9.17) is 84.3 Å². The SMILES string of the molecule is ClCCOCOCC(COCOCCCl)(COCOCCCl)COCOCCCl. The second kappa shape index (κ2) is 23.5. The third kappa shape index (κ3) is 19.3. The van der Waals surface area contributed by atoms with Crippen molar-refractivity contribution in [3.05, 3.63) is 0 Å². The monoisotopic (exact) mass is 504 g/mol. The van der Waals surface area contributed by atoms with Gasteiger partial charge in [0, 0.05) is 23.5 Å². The lowest BCUT2D eigenvalue weighted by molar-refractivity contribution is -0.181. The Morgan fingerprint density at radius 3 is 0.828 bits per heavy atom. The van der Waals surface area contributed by atoms with E-state index in [0.717, 1.165) is 0 Å². The molecule has 0 aliphatic rings. The first kappa shape index (κ1) is 29.8. The number of rotatable bonds is 24. The van der Waals surface area contributed by atoms with Gasteiger partial charge in [0.25, 0.3) is 0 Å². The standard InChI is InChI=1S/C17H32Cl4O8/c18-1-5-22-13-26-9-17(10-27-14-23-6-2-19,11-28-15-24-7-3-20)12-29-16-25-8-4-21/h1-16H2. The van der Waals surface area contributed by atoms with E-state index < -0.39 is 5.41 Å². The van der Waals surface area contributed by atoms with E-state index in [1.165, 1.54) is 0 Å². The molecule has 0 fully saturated rings. The lowest BCUT2D eigenvalue weighted by Gasteiger charge is -2.32. The first-order chi connectivity index (χ1) is 14.2. The van der Waals surface area contributed by atoms with Crippen LogP contribution >= 0.6 is 46.4 Å². The molecule has 29 heavy (non-hydrogen) atoms. The van der Waals surface area contributed by atoms with Crippen LogP contribution in [0.1, 0.15) is 0 Å². The molecule has 0 spiro atoms. The normalized spacial score (nSPS) is 12.0. The van der Waals surface area contributed by atoms with Crippen LogP contribution in [0.2, 0.25) is 0 Å². The molecule has 0 aromatic heterocycles. The van der Waals surface area contributed by atoms with E-state index in [-0.39, 0.29) is 53.6 Å². The molecule has 0 aromatic carbocycles. The molecule has 0 amide bonds. The summed E-state index contributed by atoms with van der Waals surface area (Å²) in [4.78, 5) is 0. The predicted octanol–water partition coefficient (Wildman–Crippen LogP) is 2.89. The van der Waals surface area contributed by atoms with Crippen molar-refractivity contribution in [2.24, 2.45) is 5.41 Å². The maximum absolute atomic E-state index is 5.63. The van der Waals surface area contributed by atoms with Gasteiger partial charge in [-0.3, -0.25) is 0 Å². The lowest BCUT2D eigenvalue weighted by Crippen LogP contribution is -2.42. The van der Waals surface area contributed by atoms with E-state index in [2.05, 4.69) is 0 Å². The van der Waals surface area contributed by atoms with Gasteiger partial charge < -0.3 is 37.9 Å². The van der Waals surface area contributed by atoms with Crippen LogP contribution in [-0.2, 0) is 37.9 Å². The molecule has 0 N–H and O–H groups in total. The Balaban J connectivity index is 4.69. The molecule has 0 radical (unpaired) electrons. The van der Waals surface area contributed by atoms with Gasteiger partial charge in [0.2, 0.25) is 0 Å². The van der Waals surface area contributed by atoms with Crippen LogP contribution < -0.4 is 0 Å². The fourth-order valence-electron chi connectivity index (χ4n) is 1.97. The van der Waals surface area contributed by atoms with E-state index >= 15 is 0 Å². The highest BCUT2D eigenvalue weighted by Crippen LogP contribution is 2.21. The molecule has 12 heteroatoms. The molecule has 0 aliphatic heterocycles. The molecule has 0 aromatic rings. The minimum Gasteiger partial charge on any atom is -0.355 e. The number of alkyl halides is 4. The summed E-state index contributed by atoms with van der Waals surface area (Å²) in [6.45, 7) is 2.89. The maximum atomic E-state index is 5.63. The summed E-state index contributed by atoms with van der Waals surface area (Å²) in [5.74, 6) is 1.55. The van der Waals surface area contributed by atoms with Gasteiger partial charge in [-0.15, -0.1) is 46.4 Å². The summed E-state index contributed by atoms with van der Waals surface area (Å²) in [5.41, 5.74) is -0.650. The molecule has 0 bridgehead atoms. The predicted molar refractivity (Wildman–Crippen MR) is 112 cm³/mol. The fourth-order valence-corrected chi connectivity index (χ4v) is 2.41. The summed E-state index contributed by atoms with van der Waals surface area (Å²) in [7, 11) is 0. The number of halogens is 4. The molecule has 8 nitrogen and oxygen atoms in total. The van der Waals surface area contributed by atoms with Crippen molar-refractivity contribution < 1.29 is 37.9 Å². The van der Waals surface area contributed by atoms with Gasteiger partial charge in [0.15, 0.2) is 0 Å². The van der Waals surface area contributed by atoms with Crippen molar-refractivity contribution in [2.45, 2.75) is 0 Å². The quantitative estimate of drug-likeness (QED) is 0.113. The largest absolute Gasteiger partial charge is 0.355 e. The lowest BCUT2D eigenvalue weighted by atomic mass is 9.92. The van der Waals surface area contributed by atoms with Crippen LogP contribution in [0.15, 0.2) is 0 Å². The summed E-state index contributed by atoms with van der Waals surface area (Å²) in [6, 6.07) is 0. The third-order valence-electron chi connectivity index (χ3n) is 3.19. The van der Waals surface area contributed by atoms with Crippen molar-refractivity contribution in [1.29, 1.82) is 0 Å². The number of hydrogen-bond donors (Lipinski definition) is 0. The Hall–Kier alpha value is 0.840. The highest BCUT2D eigenvalue weighted by molar-refractivity contribution is 6.18. The van der Waals surface area contributed by atoms with Crippen molar-refractivity contribution in [3.63, 3.8) is 0 Å². The minimum absolute atomic E-state index is 0.0860. The summed E-state index contributed by atoms with van der Waals surface area (Å²) >= 11 is 22.4. The maximum Gasteiger partial charge on any atom is 0.146 e. The Bertz CT molecular complexity index is 270. The highest BCUT2D eigenvalue weighted by Gasteiger charge is 2.33. The molecular weight excluding hydrogens is 474 g/mol. The summed E-state index contributed by atoms with van der Waals surface area (Å²) in [6.07, 6.45) is 0. The molecule has 0 saturated carbocycles. The Labute approximate surface area is 193 Å². The molecule has 0 aliphatic carbocycles. The Kier molecular flexibility index (Phi) is 24.2. The number of ether oxygens (including phenoxy) is 8. The smallest absolute Gasteiger partial charge is 0.146 e. The van der Waals surface area contributed by atoms with Gasteiger partial charge >= 0.3 is 0 Å². The van der Waals surface area contributed by atoms with Crippen molar-refractivity contribution in [2.75, 3.05) is 104 Å². The van der Waals surface area contributed by atoms with Gasteiger partial charge in [0.1, 0.15) is 27.2 Å². The van der Waals surface area contributed by atoms with Crippen molar-refractivity contribution in [3.8, 4) is 0 Å². The van der Waals surface area contributed by atoms with E-state index in [0.29, 0.717) is 49.9 Å². The van der Waals surface area contributed by atoms with Crippen molar-refractivity contribution >= 4 is 46.4 Å². The molecule has 0 unspecified atom stereocenters. The van der Waals surface area contributed by atoms with Crippen molar-refractivity contribution in [1.82, 2.24) is 0 Å². The van der Waals surface area contributed by atoms with E-state index in [9.17, 15) is 0 Å². The van der Waals surface area contributed by atoms with Crippen LogP contribution in [0.3, 0.4) is 0 Å². The van der Waals surface area contributed by atoms with Gasteiger partial charge in [-0.25, -0.2) is 0 Å². The van der Waals surface area contributed by atoms with Gasteiger partial charge in [-0.1, -0.05) is 0 Å². The Morgan fingerprint density at radius 1 is 0.379 bits per heavy atom. The second-order valence-corrected chi connectivity index (χ2v) is 7.27. The Morgan fingerprint density at radius 2 is 0.621 bits per heavy atom. The van der Waals surface area contributed by atoms with Crippen LogP contribution in [0, 0.1) is 5.41 Å². The topological polar surface area (TPSA) is 73.8 Å². The average Bonchev–Trinajstić information content (AvgIpc) is 2.73. The van der Waals surface area contributed by atoms with Gasteiger partial charge in [-0.05, 0) is 0 Å². The minimum atomic E-state index is -0.650. The highest BCUT2D eigenvalue weighted by atomic mass is 35.5. The van der Waals surface area contributed by atoms with Crippen LogP contribution in [0.25, 0.3) is 0 Å². The van der Waals surface area contributed by atoms with Crippen LogP contribution in [0.4, 0.5) is 0 Å². The first-order valence-electron chi connectivity index (χ1n) is 9.10. The average molecular weight is 506 g/mol. The molecule has 0 heterocycles. The first-order valence-corrected chi connectivity index (χ1v) is 11.2. The number of hydrogen-bond acceptors (Lipinski definition) is 8. The molecular formula is C17H32Cl4O8. The van der Waals surface area contributed by atoms with Crippen LogP contribution in [0.5, 0.6) is 0 Å². The molecule has 0 saturated heterocycles. The molecule has 0 rings (SSSR count). The molecule has 176 valence electrons. The zero-order valence-electron chi connectivity index (χ0n) is 16.6. The second-order valence-electron chi connectivity index (χ2n) is 5.75. The summed E-state index contributed by atoms with van der Waals surface area (Å²) < 4.78 is 43.5. The zero-order chi connectivity index (χ0) is 21.5. The summed E-state index contributed by atoms with van der Waals surface area (Å²) in [5, 5.41) is 0. The third-order valence-corrected chi connectivity index (χ3v) is 3.80. The zero-order valence-corrected chi connectivity index (χ0v) is 19.6.